The van der Waals surface area contributed by atoms with Crippen LogP contribution < -0.4 is 16.1 Å². The Bertz CT molecular complexity index is 630. The second-order valence-electron chi connectivity index (χ2n) is 6.44. The minimum Gasteiger partial charge on any atom is -0.355 e. The molecule has 1 fully saturated rings. The molecule has 0 bridgehead atoms. The van der Waals surface area contributed by atoms with Crippen LogP contribution in [0.3, 0.4) is 0 Å². The third-order valence-electron chi connectivity index (χ3n) is 4.16. The van der Waals surface area contributed by atoms with Gasteiger partial charge in [-0.2, -0.15) is 5.10 Å². The van der Waals surface area contributed by atoms with Crippen molar-refractivity contribution in [3.05, 3.63) is 18.1 Å². The van der Waals surface area contributed by atoms with Crippen molar-refractivity contribution >= 4 is 11.5 Å². The van der Waals surface area contributed by atoms with Crippen LogP contribution >= 0.6 is 0 Å². The number of rotatable bonds is 1. The maximum Gasteiger partial charge on any atom is 0.147 e. The largest absolute Gasteiger partial charge is 0.355 e. The van der Waals surface area contributed by atoms with E-state index in [1.807, 2.05) is 0 Å². The molecular formula is C16H22N6. The van der Waals surface area contributed by atoms with Gasteiger partial charge in [0.05, 0.1) is 5.56 Å². The average molecular weight is 298 g/mol. The zero-order valence-electron chi connectivity index (χ0n) is 13.1. The van der Waals surface area contributed by atoms with Crippen molar-refractivity contribution in [1.82, 2.24) is 15.4 Å². The summed E-state index contributed by atoms with van der Waals surface area (Å²) in [6, 6.07) is 0.361. The van der Waals surface area contributed by atoms with Crippen LogP contribution in [-0.4, -0.2) is 40.3 Å². The Morgan fingerprint density at radius 3 is 2.82 bits per heavy atom. The Balaban J connectivity index is 1.78. The van der Waals surface area contributed by atoms with E-state index in [2.05, 4.69) is 51.1 Å². The molecule has 0 amide bonds. The SMILES string of the molecule is CC1CC(C#Cc2cncnc2N2CCC(C)(N)CC2)=NN1. The topological polar surface area (TPSA) is 79.4 Å². The first-order valence-corrected chi connectivity index (χ1v) is 7.71. The third-order valence-corrected chi connectivity index (χ3v) is 4.16. The molecule has 6 nitrogen and oxygen atoms in total. The number of hydrogen-bond acceptors (Lipinski definition) is 6. The summed E-state index contributed by atoms with van der Waals surface area (Å²) in [5.74, 6) is 7.21. The second-order valence-corrected chi connectivity index (χ2v) is 6.44. The summed E-state index contributed by atoms with van der Waals surface area (Å²) in [5, 5.41) is 4.22. The van der Waals surface area contributed by atoms with Gasteiger partial charge in [0.2, 0.25) is 0 Å². The van der Waals surface area contributed by atoms with Gasteiger partial charge in [-0.15, -0.1) is 0 Å². The summed E-state index contributed by atoms with van der Waals surface area (Å²) < 4.78 is 0. The lowest BCUT2D eigenvalue weighted by Gasteiger charge is -2.37. The standard InChI is InChI=1S/C16H22N6/c1-12-9-14(21-20-12)4-3-13-10-18-11-19-15(13)22-7-5-16(2,17)6-8-22/h10-12,20H,5-9,17H2,1-2H3. The van der Waals surface area contributed by atoms with Gasteiger partial charge in [-0.05, 0) is 32.6 Å². The van der Waals surface area contributed by atoms with Crippen LogP contribution in [-0.2, 0) is 0 Å². The highest BCUT2D eigenvalue weighted by molar-refractivity contribution is 6.02. The fourth-order valence-corrected chi connectivity index (χ4v) is 2.68. The van der Waals surface area contributed by atoms with Crippen LogP contribution in [0, 0.1) is 11.8 Å². The molecule has 1 aromatic rings. The van der Waals surface area contributed by atoms with Crippen LogP contribution in [0.25, 0.3) is 0 Å². The zero-order valence-corrected chi connectivity index (χ0v) is 13.1. The molecule has 2 aliphatic rings. The van der Waals surface area contributed by atoms with Crippen molar-refractivity contribution in [2.45, 2.75) is 44.7 Å². The number of nitrogens with two attached hydrogens (primary N) is 1. The van der Waals surface area contributed by atoms with Crippen molar-refractivity contribution in [1.29, 1.82) is 0 Å². The fraction of sp³-hybridized carbons (Fsp3) is 0.562. The van der Waals surface area contributed by atoms with Crippen molar-refractivity contribution in [2.75, 3.05) is 18.0 Å². The van der Waals surface area contributed by atoms with Gasteiger partial charge in [0.1, 0.15) is 17.9 Å². The van der Waals surface area contributed by atoms with Gasteiger partial charge in [0.25, 0.3) is 0 Å². The van der Waals surface area contributed by atoms with Gasteiger partial charge in [-0.1, -0.05) is 5.92 Å². The van der Waals surface area contributed by atoms with E-state index in [4.69, 9.17) is 5.73 Å². The highest BCUT2D eigenvalue weighted by Gasteiger charge is 2.27. The molecule has 1 aromatic heterocycles. The molecule has 0 aliphatic carbocycles. The number of nitrogens with zero attached hydrogens (tertiary/aromatic N) is 4. The van der Waals surface area contributed by atoms with E-state index in [0.29, 0.717) is 6.04 Å². The third kappa shape index (κ3) is 3.37. The Morgan fingerprint density at radius 2 is 2.14 bits per heavy atom. The molecule has 0 spiro atoms. The molecule has 2 aliphatic heterocycles. The first-order valence-electron chi connectivity index (χ1n) is 7.71. The minimum absolute atomic E-state index is 0.0737. The van der Waals surface area contributed by atoms with E-state index in [9.17, 15) is 0 Å². The first kappa shape index (κ1) is 14.8. The normalized spacial score (nSPS) is 23.3. The number of piperidine rings is 1. The molecule has 116 valence electrons. The lowest BCUT2D eigenvalue weighted by atomic mass is 9.91. The van der Waals surface area contributed by atoms with E-state index < -0.39 is 0 Å². The molecule has 1 atom stereocenters. The maximum atomic E-state index is 6.20. The minimum atomic E-state index is -0.0737. The average Bonchev–Trinajstić information content (AvgIpc) is 2.91. The molecule has 3 heterocycles. The molecule has 3 N–H and O–H groups in total. The fourth-order valence-electron chi connectivity index (χ4n) is 2.68. The van der Waals surface area contributed by atoms with Crippen molar-refractivity contribution in [3.63, 3.8) is 0 Å². The van der Waals surface area contributed by atoms with Gasteiger partial charge in [0, 0.05) is 37.3 Å². The molecule has 22 heavy (non-hydrogen) atoms. The number of hydrogen-bond donors (Lipinski definition) is 2. The van der Waals surface area contributed by atoms with Gasteiger partial charge < -0.3 is 16.1 Å². The number of anilines is 1. The quantitative estimate of drug-likeness (QED) is 0.753. The van der Waals surface area contributed by atoms with Crippen LogP contribution in [0.5, 0.6) is 0 Å². The van der Waals surface area contributed by atoms with Crippen LogP contribution in [0.2, 0.25) is 0 Å². The Hall–Kier alpha value is -2.13. The molecule has 0 saturated carbocycles. The Kier molecular flexibility index (Phi) is 3.99. The first-order chi connectivity index (χ1) is 10.5. The maximum absolute atomic E-state index is 6.20. The van der Waals surface area contributed by atoms with E-state index >= 15 is 0 Å². The summed E-state index contributed by atoms with van der Waals surface area (Å²) in [4.78, 5) is 10.8. The Morgan fingerprint density at radius 1 is 1.36 bits per heavy atom. The molecule has 0 radical (unpaired) electrons. The molecule has 1 unspecified atom stereocenters. The predicted molar refractivity (Wildman–Crippen MR) is 87.6 cm³/mol. The lowest BCUT2D eigenvalue weighted by molar-refractivity contribution is 0.363. The zero-order chi connectivity index (χ0) is 15.6. The van der Waals surface area contributed by atoms with Crippen LogP contribution in [0.15, 0.2) is 17.6 Å². The van der Waals surface area contributed by atoms with Gasteiger partial charge >= 0.3 is 0 Å². The van der Waals surface area contributed by atoms with Crippen LogP contribution in [0.1, 0.15) is 38.7 Å². The Labute approximate surface area is 131 Å². The molecule has 3 rings (SSSR count). The van der Waals surface area contributed by atoms with E-state index in [0.717, 1.165) is 49.4 Å². The summed E-state index contributed by atoms with van der Waals surface area (Å²) in [6.07, 6.45) is 6.13. The predicted octanol–water partition coefficient (Wildman–Crippen LogP) is 0.884. The molecule has 0 aromatic carbocycles. The molecule has 6 heteroatoms. The van der Waals surface area contributed by atoms with Crippen molar-refractivity contribution in [2.24, 2.45) is 10.8 Å². The highest BCUT2D eigenvalue weighted by atomic mass is 15.3. The summed E-state index contributed by atoms with van der Waals surface area (Å²) in [7, 11) is 0. The smallest absolute Gasteiger partial charge is 0.147 e. The number of hydrazone groups is 1. The lowest BCUT2D eigenvalue weighted by Crippen LogP contribution is -2.48. The van der Waals surface area contributed by atoms with Crippen molar-refractivity contribution in [3.8, 4) is 11.8 Å². The van der Waals surface area contributed by atoms with Crippen molar-refractivity contribution < 1.29 is 0 Å². The monoisotopic (exact) mass is 298 g/mol. The summed E-state index contributed by atoms with van der Waals surface area (Å²) in [6.45, 7) is 6.00. The highest BCUT2D eigenvalue weighted by Crippen LogP contribution is 2.24. The summed E-state index contributed by atoms with van der Waals surface area (Å²) in [5.41, 5.74) is 10.9. The summed E-state index contributed by atoms with van der Waals surface area (Å²) >= 11 is 0. The van der Waals surface area contributed by atoms with Crippen LogP contribution in [0.4, 0.5) is 5.82 Å². The van der Waals surface area contributed by atoms with Gasteiger partial charge in [0.15, 0.2) is 0 Å². The molecule has 1 saturated heterocycles. The van der Waals surface area contributed by atoms with E-state index in [1.165, 1.54) is 0 Å². The number of aromatic nitrogens is 2. The van der Waals surface area contributed by atoms with E-state index in [1.54, 1.807) is 12.5 Å². The number of nitrogens with one attached hydrogen (secondary N) is 1. The molecular weight excluding hydrogens is 276 g/mol. The second kappa shape index (κ2) is 5.93. The van der Waals surface area contributed by atoms with E-state index in [-0.39, 0.29) is 5.54 Å². The van der Waals surface area contributed by atoms with Gasteiger partial charge in [-0.25, -0.2) is 9.97 Å². The van der Waals surface area contributed by atoms with Gasteiger partial charge in [-0.3, -0.25) is 0 Å².